The first kappa shape index (κ1) is 58.2. The Balaban J connectivity index is 0.873. The maximum atomic E-state index is 14.9. The molecule has 5 amide bonds. The molecule has 0 aliphatic carbocycles. The zero-order valence-corrected chi connectivity index (χ0v) is 48.3. The zero-order valence-electron chi connectivity index (χ0n) is 47.5. The molecule has 22 heteroatoms. The SMILES string of the molecule is Cc1nn(C)c(C)c1-c1c(Cl)ccc2c(CCCOc3cccc4cc(F)ccc34)c(C(=O)OCOC(=O)C3CCN(C(=O)OC(C)(C)C)CC3)n(CCN3CCN(C(=O)COc4cccc5c4CN(C4CCC(=O)NC4=O)C5=O)CC3)c12. The minimum absolute atomic E-state index is 0.105. The Morgan fingerprint density at radius 3 is 2.28 bits per heavy atom. The molecule has 6 aromatic rings. The third-order valence-corrected chi connectivity index (χ3v) is 16.3. The number of ether oxygens (including phenoxy) is 5. The van der Waals surface area contributed by atoms with E-state index in [2.05, 4.69) is 10.2 Å². The van der Waals surface area contributed by atoms with Crippen LogP contribution >= 0.6 is 11.6 Å². The number of carbonyl (C=O) groups excluding carboxylic acids is 7. The molecule has 438 valence electrons. The number of nitrogens with zero attached hydrogens (tertiary/aromatic N) is 7. The molecule has 0 bridgehead atoms. The fourth-order valence-electron chi connectivity index (χ4n) is 11.7. The summed E-state index contributed by atoms with van der Waals surface area (Å²) in [5.74, 6) is -2.67. The van der Waals surface area contributed by atoms with Crippen molar-refractivity contribution in [3.8, 4) is 22.6 Å². The largest absolute Gasteiger partial charge is 0.493 e. The summed E-state index contributed by atoms with van der Waals surface area (Å²) in [6.45, 7) is 11.7. The molecule has 3 saturated heterocycles. The van der Waals surface area contributed by atoms with Crippen LogP contribution in [0.4, 0.5) is 9.18 Å². The summed E-state index contributed by atoms with van der Waals surface area (Å²) in [6, 6.07) is 17.9. The van der Waals surface area contributed by atoms with Gasteiger partial charge in [-0.15, -0.1) is 0 Å². The highest BCUT2D eigenvalue weighted by molar-refractivity contribution is 6.35. The summed E-state index contributed by atoms with van der Waals surface area (Å²) >= 11 is 7.25. The standard InChI is InChI=1S/C61H68ClFN8O12/c1-36-52(37(2)66(6)65-36)53-46(62)18-17-43-42(12-9-31-79-48-13-7-10-39-32-40(63)15-16-41(39)48)55(59(77)82-35-81-58(76)38-21-23-69(24-22-38)60(78)83-61(3,4)5)70(54(43)53)30-27-67-25-28-68(29-26-67)51(73)34-80-49-14-8-11-44-45(49)33-71(57(44)75)47-19-20-50(72)64-56(47)74/h7-8,10-11,13-18,32,38,47H,9,12,19-31,33-35H2,1-6H3,(H,64,72,74). The first-order valence-electron chi connectivity index (χ1n) is 28.1. The number of halogens is 2. The number of hydrogen-bond acceptors (Lipinski definition) is 14. The number of aromatic nitrogens is 3. The third-order valence-electron chi connectivity index (χ3n) is 16.0. The summed E-state index contributed by atoms with van der Waals surface area (Å²) in [7, 11) is 1.86. The lowest BCUT2D eigenvalue weighted by Gasteiger charge is -2.35. The van der Waals surface area contributed by atoms with Crippen molar-refractivity contribution in [2.75, 3.05) is 65.8 Å². The van der Waals surface area contributed by atoms with E-state index in [4.69, 9.17) is 40.4 Å². The number of benzene rings is 4. The lowest BCUT2D eigenvalue weighted by molar-refractivity contribution is -0.158. The van der Waals surface area contributed by atoms with Crippen LogP contribution in [0, 0.1) is 25.6 Å². The van der Waals surface area contributed by atoms with E-state index in [1.807, 2.05) is 55.8 Å². The molecule has 2 aromatic heterocycles. The van der Waals surface area contributed by atoms with Crippen molar-refractivity contribution in [2.45, 2.75) is 97.9 Å². The van der Waals surface area contributed by atoms with E-state index >= 15 is 0 Å². The van der Waals surface area contributed by atoms with Crippen LogP contribution in [0.1, 0.15) is 96.2 Å². The first-order chi connectivity index (χ1) is 39.7. The van der Waals surface area contributed by atoms with Crippen molar-refractivity contribution in [3.05, 3.63) is 111 Å². The van der Waals surface area contributed by atoms with Gasteiger partial charge in [0.05, 0.1) is 35.3 Å². The van der Waals surface area contributed by atoms with Crippen molar-refractivity contribution >= 4 is 74.9 Å². The Bertz CT molecular complexity index is 3540. The number of amides is 5. The maximum absolute atomic E-state index is 14.9. The van der Waals surface area contributed by atoms with Crippen molar-refractivity contribution < 1.29 is 61.6 Å². The van der Waals surface area contributed by atoms with Gasteiger partial charge in [-0.1, -0.05) is 35.9 Å². The van der Waals surface area contributed by atoms with E-state index in [1.165, 1.54) is 17.0 Å². The Hall–Kier alpha value is -8.04. The van der Waals surface area contributed by atoms with Gasteiger partial charge in [0.25, 0.3) is 11.8 Å². The molecule has 0 radical (unpaired) electrons. The van der Waals surface area contributed by atoms with Gasteiger partial charge in [-0.05, 0) is 120 Å². The van der Waals surface area contributed by atoms with Gasteiger partial charge in [0.15, 0.2) is 6.61 Å². The molecule has 4 aromatic carbocycles. The number of piperazine rings is 1. The molecule has 1 N–H and O–H groups in total. The average Bonchev–Trinajstić information content (AvgIpc) is 4.29. The van der Waals surface area contributed by atoms with Crippen LogP contribution < -0.4 is 14.8 Å². The Morgan fingerprint density at radius 2 is 1.55 bits per heavy atom. The number of carbonyl (C=O) groups is 7. The van der Waals surface area contributed by atoms with E-state index in [0.717, 1.165) is 27.7 Å². The number of aryl methyl sites for hydroxylation is 3. The van der Waals surface area contributed by atoms with Gasteiger partial charge in [0.2, 0.25) is 18.6 Å². The fraction of sp³-hybridized carbons (Fsp3) is 0.443. The molecule has 0 spiro atoms. The number of nitrogens with one attached hydrogen (secondary N) is 1. The van der Waals surface area contributed by atoms with Crippen molar-refractivity contribution in [2.24, 2.45) is 13.0 Å². The summed E-state index contributed by atoms with van der Waals surface area (Å²) in [5, 5.41) is 9.71. The van der Waals surface area contributed by atoms with Crippen LogP contribution in [0.3, 0.4) is 0 Å². The van der Waals surface area contributed by atoms with Crippen LogP contribution in [-0.4, -0.2) is 153 Å². The number of imide groups is 1. The van der Waals surface area contributed by atoms with E-state index < -0.39 is 48.3 Å². The summed E-state index contributed by atoms with van der Waals surface area (Å²) in [5.41, 5.74) is 4.96. The highest BCUT2D eigenvalue weighted by atomic mass is 35.5. The van der Waals surface area contributed by atoms with E-state index in [1.54, 1.807) is 59.5 Å². The highest BCUT2D eigenvalue weighted by Crippen LogP contribution is 2.43. The van der Waals surface area contributed by atoms with E-state index in [9.17, 15) is 38.0 Å². The van der Waals surface area contributed by atoms with E-state index in [-0.39, 0.29) is 68.4 Å². The molecular formula is C61H68ClFN8O12. The summed E-state index contributed by atoms with van der Waals surface area (Å²) < 4.78 is 47.4. The van der Waals surface area contributed by atoms with Gasteiger partial charge >= 0.3 is 18.0 Å². The molecule has 4 aliphatic heterocycles. The van der Waals surface area contributed by atoms with Gasteiger partial charge in [0.1, 0.15) is 34.7 Å². The highest BCUT2D eigenvalue weighted by Gasteiger charge is 2.41. The van der Waals surface area contributed by atoms with Gasteiger partial charge in [-0.3, -0.25) is 38.9 Å². The molecule has 83 heavy (non-hydrogen) atoms. The van der Waals surface area contributed by atoms with Crippen LogP contribution in [-0.2, 0) is 59.9 Å². The van der Waals surface area contributed by atoms with Gasteiger partial charge in [-0.25, -0.2) is 14.0 Å². The van der Waals surface area contributed by atoms with Crippen molar-refractivity contribution in [3.63, 3.8) is 0 Å². The molecule has 20 nitrogen and oxygen atoms in total. The second kappa shape index (κ2) is 24.4. The number of esters is 2. The normalized spacial score (nSPS) is 17.0. The lowest BCUT2D eigenvalue weighted by Crippen LogP contribution is -2.52. The number of hydrogen-bond donors (Lipinski definition) is 1. The molecule has 10 rings (SSSR count). The smallest absolute Gasteiger partial charge is 0.410 e. The topological polar surface area (TPSA) is 213 Å². The molecule has 1 atom stereocenters. The lowest BCUT2D eigenvalue weighted by atomic mass is 9.97. The van der Waals surface area contributed by atoms with Gasteiger partial charge in [0, 0.05) is 105 Å². The first-order valence-corrected chi connectivity index (χ1v) is 28.5. The Labute approximate surface area is 484 Å². The number of likely N-dealkylation sites (tertiary alicyclic amines) is 1. The van der Waals surface area contributed by atoms with Crippen LogP contribution in [0.15, 0.2) is 66.7 Å². The quantitative estimate of drug-likeness (QED) is 0.0398. The predicted octanol–water partition coefficient (Wildman–Crippen LogP) is 7.90. The Kier molecular flexibility index (Phi) is 17.1. The fourth-order valence-corrected chi connectivity index (χ4v) is 11.9. The number of fused-ring (bicyclic) bond motifs is 3. The number of piperidine rings is 2. The van der Waals surface area contributed by atoms with Crippen LogP contribution in [0.25, 0.3) is 32.8 Å². The van der Waals surface area contributed by atoms with Gasteiger partial charge < -0.3 is 43.0 Å². The van der Waals surface area contributed by atoms with Crippen LogP contribution in [0.5, 0.6) is 11.5 Å². The Morgan fingerprint density at radius 1 is 0.819 bits per heavy atom. The molecule has 3 fully saturated rings. The van der Waals surface area contributed by atoms with Gasteiger partial charge in [-0.2, -0.15) is 5.10 Å². The summed E-state index contributed by atoms with van der Waals surface area (Å²) in [6.07, 6.45) is 1.39. The maximum Gasteiger partial charge on any atom is 0.410 e. The summed E-state index contributed by atoms with van der Waals surface area (Å²) in [4.78, 5) is 99.8. The second-order valence-electron chi connectivity index (χ2n) is 22.5. The molecular weight excluding hydrogens is 1090 g/mol. The van der Waals surface area contributed by atoms with E-state index in [0.29, 0.717) is 121 Å². The van der Waals surface area contributed by atoms with Crippen molar-refractivity contribution in [1.82, 2.24) is 39.3 Å². The zero-order chi connectivity index (χ0) is 58.9. The average molecular weight is 1160 g/mol. The molecule has 4 aliphatic rings. The second-order valence-corrected chi connectivity index (χ2v) is 22.9. The van der Waals surface area contributed by atoms with Crippen molar-refractivity contribution in [1.29, 1.82) is 0 Å². The predicted molar refractivity (Wildman–Crippen MR) is 304 cm³/mol. The molecule has 0 saturated carbocycles. The minimum atomic E-state index is -0.791. The molecule has 1 unspecified atom stereocenters. The minimum Gasteiger partial charge on any atom is -0.493 e. The number of rotatable bonds is 17. The third kappa shape index (κ3) is 12.5. The van der Waals surface area contributed by atoms with Crippen LogP contribution in [0.2, 0.25) is 5.02 Å². The monoisotopic (exact) mass is 1160 g/mol. The molecule has 6 heterocycles.